The van der Waals surface area contributed by atoms with Crippen LogP contribution in [-0.2, 0) is 14.9 Å². The number of ether oxygens (including phenoxy) is 2. The second-order valence-corrected chi connectivity index (χ2v) is 10.8. The van der Waals surface area contributed by atoms with Crippen molar-refractivity contribution in [3.63, 3.8) is 0 Å². The minimum absolute atomic E-state index is 0.0681. The Morgan fingerprint density at radius 2 is 1.83 bits per heavy atom. The maximum absolute atomic E-state index is 11.5. The summed E-state index contributed by atoms with van der Waals surface area (Å²) in [5.41, 5.74) is -1.39. The fourth-order valence-electron chi connectivity index (χ4n) is 3.94. The van der Waals surface area contributed by atoms with Gasteiger partial charge in [0.05, 0.1) is 35.6 Å². The van der Waals surface area contributed by atoms with Gasteiger partial charge in [0.15, 0.2) is 11.7 Å². The van der Waals surface area contributed by atoms with Crippen molar-refractivity contribution in [1.29, 1.82) is 0 Å². The van der Waals surface area contributed by atoms with E-state index in [0.29, 0.717) is 17.0 Å². The molecule has 0 spiro atoms. The summed E-state index contributed by atoms with van der Waals surface area (Å²) >= 11 is 0. The molecule has 4 rings (SSSR count). The van der Waals surface area contributed by atoms with E-state index in [0.717, 1.165) is 12.1 Å². The van der Waals surface area contributed by atoms with Gasteiger partial charge in [0.2, 0.25) is 0 Å². The van der Waals surface area contributed by atoms with Gasteiger partial charge >= 0.3 is 0 Å². The molecule has 0 aliphatic carbocycles. The first-order chi connectivity index (χ1) is 19.9. The maximum Gasteiger partial charge on any atom is 0.294 e. The average molecular weight is 601 g/mol. The Balaban J connectivity index is 1.59. The molecule has 2 aromatic carbocycles. The van der Waals surface area contributed by atoms with Crippen molar-refractivity contribution in [1.82, 2.24) is 9.78 Å². The van der Waals surface area contributed by atoms with Gasteiger partial charge < -0.3 is 40.1 Å². The van der Waals surface area contributed by atoms with Gasteiger partial charge in [0.1, 0.15) is 36.8 Å². The summed E-state index contributed by atoms with van der Waals surface area (Å²) in [6.45, 7) is -1.18. The minimum atomic E-state index is -4.52. The number of aliphatic hydroxyl groups is 6. The van der Waals surface area contributed by atoms with Crippen LogP contribution in [0.1, 0.15) is 11.1 Å². The molecule has 1 fully saturated rings. The lowest BCUT2D eigenvalue weighted by Gasteiger charge is -2.43. The number of rotatable bonds is 7. The summed E-state index contributed by atoms with van der Waals surface area (Å²) in [6.07, 6.45) is -4.47. The van der Waals surface area contributed by atoms with Crippen LogP contribution in [0.4, 0.5) is 0 Å². The molecular formula is C28H28N2O11S. The SMILES string of the molecule is O=S(=O)(O)c1cccc(C#C[C@@]2(O)[C@@H](C#Cc3cnn(-c4ccc(OC[C@H](O)CO)cc4)c3)O[C@H](CO)[C@@H](O)[C@@H]2O)c1. The van der Waals surface area contributed by atoms with Gasteiger partial charge in [-0.2, -0.15) is 13.5 Å². The maximum atomic E-state index is 11.5. The van der Waals surface area contributed by atoms with Crippen molar-refractivity contribution in [2.45, 2.75) is 41.0 Å². The van der Waals surface area contributed by atoms with Crippen molar-refractivity contribution < 1.29 is 53.1 Å². The summed E-state index contributed by atoms with van der Waals surface area (Å²) in [5.74, 6) is 10.8. The van der Waals surface area contributed by atoms with Gasteiger partial charge in [-0.15, -0.1) is 0 Å². The molecule has 1 saturated heterocycles. The van der Waals surface area contributed by atoms with Crippen LogP contribution in [0.15, 0.2) is 65.8 Å². The van der Waals surface area contributed by atoms with Gasteiger partial charge in [0.25, 0.3) is 10.1 Å². The molecule has 13 nitrogen and oxygen atoms in total. The van der Waals surface area contributed by atoms with Crippen LogP contribution < -0.4 is 4.74 Å². The Bertz CT molecular complexity index is 1620. The van der Waals surface area contributed by atoms with Gasteiger partial charge in [-0.25, -0.2) is 4.68 Å². The molecular weight excluding hydrogens is 572 g/mol. The van der Waals surface area contributed by atoms with Crippen LogP contribution in [0.5, 0.6) is 5.75 Å². The van der Waals surface area contributed by atoms with Crippen LogP contribution >= 0.6 is 0 Å². The molecule has 0 saturated carbocycles. The number of hydrogen-bond acceptors (Lipinski definition) is 11. The Labute approximate surface area is 241 Å². The van der Waals surface area contributed by atoms with Gasteiger partial charge in [-0.1, -0.05) is 29.7 Å². The Morgan fingerprint density at radius 3 is 2.50 bits per heavy atom. The van der Waals surface area contributed by atoms with E-state index in [2.05, 4.69) is 28.8 Å². The third-order valence-corrected chi connectivity index (χ3v) is 7.12. The normalized spacial score (nSPS) is 24.5. The van der Waals surface area contributed by atoms with Gasteiger partial charge in [-0.05, 0) is 42.5 Å². The zero-order valence-corrected chi connectivity index (χ0v) is 22.7. The van der Waals surface area contributed by atoms with Crippen LogP contribution in [0.25, 0.3) is 5.69 Å². The van der Waals surface area contributed by atoms with E-state index in [1.807, 2.05) is 0 Å². The Kier molecular flexibility index (Phi) is 9.65. The summed E-state index contributed by atoms with van der Waals surface area (Å²) < 4.78 is 44.6. The second-order valence-electron chi connectivity index (χ2n) is 9.34. The lowest BCUT2D eigenvalue weighted by Crippen LogP contribution is -2.65. The highest BCUT2D eigenvalue weighted by Gasteiger charge is 2.53. The van der Waals surface area contributed by atoms with E-state index >= 15 is 0 Å². The monoisotopic (exact) mass is 600 g/mol. The standard InChI is InChI=1S/C28H28N2O11S/c31-15-21(33)17-40-22-7-5-20(6-8-22)30-14-19(13-29-30)4-9-25-28(36,27(35)26(34)24(16-32)41-25)11-10-18-2-1-3-23(12-18)42(37,38)39/h1-3,5-8,12-14,21,24-27,31-36H,15-17H2,(H,37,38,39)/t21-,24-,25-,26-,27+,28-/m1/s1. The van der Waals surface area contributed by atoms with E-state index in [9.17, 15) is 38.5 Å². The molecule has 1 aliphatic rings. The van der Waals surface area contributed by atoms with E-state index in [4.69, 9.17) is 14.6 Å². The summed E-state index contributed by atoms with van der Waals surface area (Å²) in [6, 6.07) is 11.6. The number of aromatic nitrogens is 2. The average Bonchev–Trinajstić information content (AvgIpc) is 3.46. The molecule has 7 N–H and O–H groups in total. The zero-order chi connectivity index (χ0) is 30.5. The fraction of sp³-hybridized carbons (Fsp3) is 0.321. The lowest BCUT2D eigenvalue weighted by molar-refractivity contribution is -0.239. The molecule has 6 atom stereocenters. The van der Waals surface area contributed by atoms with Crippen LogP contribution in [0.2, 0.25) is 0 Å². The highest BCUT2D eigenvalue weighted by Crippen LogP contribution is 2.30. The smallest absolute Gasteiger partial charge is 0.294 e. The molecule has 42 heavy (non-hydrogen) atoms. The highest BCUT2D eigenvalue weighted by molar-refractivity contribution is 7.85. The molecule has 0 amide bonds. The van der Waals surface area contributed by atoms with E-state index in [1.54, 1.807) is 30.5 Å². The quantitative estimate of drug-likeness (QED) is 0.122. The van der Waals surface area contributed by atoms with Gasteiger partial charge in [0, 0.05) is 11.8 Å². The largest absolute Gasteiger partial charge is 0.491 e. The highest BCUT2D eigenvalue weighted by atomic mass is 32.2. The Hall–Kier alpha value is -3.80. The summed E-state index contributed by atoms with van der Waals surface area (Å²) in [5, 5.41) is 64.6. The zero-order valence-electron chi connectivity index (χ0n) is 21.8. The summed E-state index contributed by atoms with van der Waals surface area (Å²) in [7, 11) is -4.52. The topological polar surface area (TPSA) is 212 Å². The molecule has 222 valence electrons. The van der Waals surface area contributed by atoms with Gasteiger partial charge in [-0.3, -0.25) is 4.55 Å². The van der Waals surface area contributed by atoms with E-state index in [1.165, 1.54) is 23.0 Å². The molecule has 1 aliphatic heterocycles. The third-order valence-electron chi connectivity index (χ3n) is 6.27. The minimum Gasteiger partial charge on any atom is -0.491 e. The van der Waals surface area contributed by atoms with Crippen molar-refractivity contribution >= 4 is 10.1 Å². The van der Waals surface area contributed by atoms with Crippen LogP contribution in [-0.4, -0.2) is 109 Å². The molecule has 0 bridgehead atoms. The summed E-state index contributed by atoms with van der Waals surface area (Å²) in [4.78, 5) is -0.432. The van der Waals surface area contributed by atoms with Crippen LogP contribution in [0, 0.1) is 23.7 Å². The van der Waals surface area contributed by atoms with Crippen LogP contribution in [0.3, 0.4) is 0 Å². The number of nitrogens with zero attached hydrogens (tertiary/aromatic N) is 2. The first-order valence-electron chi connectivity index (χ1n) is 12.5. The number of benzene rings is 2. The van der Waals surface area contributed by atoms with Crippen molar-refractivity contribution in [2.24, 2.45) is 0 Å². The third kappa shape index (κ3) is 7.15. The molecule has 14 heteroatoms. The Morgan fingerprint density at radius 1 is 1.10 bits per heavy atom. The van der Waals surface area contributed by atoms with E-state index < -0.39 is 64.3 Å². The first-order valence-corrected chi connectivity index (χ1v) is 13.9. The first kappa shape index (κ1) is 31.1. The van der Waals surface area contributed by atoms with Crippen molar-refractivity contribution in [2.75, 3.05) is 19.8 Å². The molecule has 0 radical (unpaired) electrons. The lowest BCUT2D eigenvalue weighted by atomic mass is 9.82. The molecule has 1 aromatic heterocycles. The number of hydrogen-bond donors (Lipinski definition) is 7. The second kappa shape index (κ2) is 13.0. The predicted molar refractivity (Wildman–Crippen MR) is 145 cm³/mol. The van der Waals surface area contributed by atoms with E-state index in [-0.39, 0.29) is 12.2 Å². The molecule has 2 heterocycles. The fourth-order valence-corrected chi connectivity index (χ4v) is 4.46. The van der Waals surface area contributed by atoms with Crippen molar-refractivity contribution in [3.05, 3.63) is 72.1 Å². The van der Waals surface area contributed by atoms with Crippen molar-refractivity contribution in [3.8, 4) is 35.1 Å². The predicted octanol–water partition coefficient (Wildman–Crippen LogP) is -1.53. The molecule has 3 aromatic rings. The molecule has 0 unspecified atom stereocenters. The number of aliphatic hydroxyl groups excluding tert-OH is 5.